The highest BCUT2D eigenvalue weighted by Gasteiger charge is 2.15. The van der Waals surface area contributed by atoms with Crippen molar-refractivity contribution < 1.29 is 18.3 Å². The lowest BCUT2D eigenvalue weighted by atomic mass is 10.3. The van der Waals surface area contributed by atoms with Gasteiger partial charge in [-0.1, -0.05) is 0 Å². The maximum atomic E-state index is 12.1. The van der Waals surface area contributed by atoms with Gasteiger partial charge in [0.1, 0.15) is 6.54 Å². The lowest BCUT2D eigenvalue weighted by Crippen LogP contribution is -2.15. The zero-order valence-corrected chi connectivity index (χ0v) is 11.5. The molecular weight excluding hydrogens is 296 g/mol. The fraction of sp³-hybridized carbons (Fsp3) is 0.0833. The molecule has 8 nitrogen and oxygen atoms in total. The summed E-state index contributed by atoms with van der Waals surface area (Å²) in [6, 6.07) is 7.23. The van der Waals surface area contributed by atoms with Crippen LogP contribution in [-0.2, 0) is 14.8 Å². The van der Waals surface area contributed by atoms with Crippen LogP contribution in [0.1, 0.15) is 0 Å². The van der Waals surface area contributed by atoms with E-state index in [1.807, 2.05) is 0 Å². The summed E-state index contributed by atoms with van der Waals surface area (Å²) in [5, 5.41) is 11.2. The van der Waals surface area contributed by atoms with Crippen LogP contribution in [-0.4, -0.2) is 36.0 Å². The van der Waals surface area contributed by atoms with Gasteiger partial charge < -0.3 is 10.4 Å². The molecule has 0 unspecified atom stereocenters. The van der Waals surface area contributed by atoms with Gasteiger partial charge >= 0.3 is 5.97 Å². The van der Waals surface area contributed by atoms with E-state index in [0.29, 0.717) is 5.69 Å². The van der Waals surface area contributed by atoms with E-state index in [4.69, 9.17) is 5.11 Å². The van der Waals surface area contributed by atoms with E-state index in [2.05, 4.69) is 20.0 Å². The Bertz CT molecular complexity index is 717. The molecule has 1 heterocycles. The standard InChI is InChI=1S/C12H12N4O4S/c17-11(18)8-15-9-2-4-10(5-3-9)21(19,20)16-12-13-6-1-7-14-12/h1-7,15H,8H2,(H,17,18)(H,13,14,16). The van der Waals surface area contributed by atoms with E-state index in [-0.39, 0.29) is 17.4 Å². The number of nitrogens with zero attached hydrogens (tertiary/aromatic N) is 2. The number of benzene rings is 1. The molecule has 0 atom stereocenters. The lowest BCUT2D eigenvalue weighted by Gasteiger charge is -2.07. The van der Waals surface area contributed by atoms with Crippen LogP contribution < -0.4 is 10.0 Å². The molecular formula is C12H12N4O4S. The molecule has 2 aromatic rings. The van der Waals surface area contributed by atoms with Gasteiger partial charge in [0.2, 0.25) is 5.95 Å². The SMILES string of the molecule is O=C(O)CNc1ccc(S(=O)(=O)Nc2ncccn2)cc1. The molecule has 0 fully saturated rings. The lowest BCUT2D eigenvalue weighted by molar-refractivity contribution is -0.134. The zero-order valence-electron chi connectivity index (χ0n) is 10.7. The van der Waals surface area contributed by atoms with Crippen LogP contribution in [0.3, 0.4) is 0 Å². The number of hydrogen-bond acceptors (Lipinski definition) is 6. The molecule has 21 heavy (non-hydrogen) atoms. The van der Waals surface area contributed by atoms with Crippen LogP contribution in [0, 0.1) is 0 Å². The predicted octanol–water partition coefficient (Wildman–Crippen LogP) is 0.774. The number of anilines is 2. The third-order valence-electron chi connectivity index (χ3n) is 2.40. The Morgan fingerprint density at radius 3 is 2.33 bits per heavy atom. The van der Waals surface area contributed by atoms with Crippen molar-refractivity contribution in [2.24, 2.45) is 0 Å². The molecule has 0 saturated heterocycles. The van der Waals surface area contributed by atoms with Crippen molar-refractivity contribution in [3.05, 3.63) is 42.7 Å². The van der Waals surface area contributed by atoms with Gasteiger partial charge in [-0.25, -0.2) is 23.1 Å². The maximum Gasteiger partial charge on any atom is 0.322 e. The van der Waals surface area contributed by atoms with Crippen LogP contribution in [0.25, 0.3) is 0 Å². The second-order valence-corrected chi connectivity index (χ2v) is 5.63. The molecule has 2 rings (SSSR count). The van der Waals surface area contributed by atoms with Crippen molar-refractivity contribution in [2.75, 3.05) is 16.6 Å². The highest BCUT2D eigenvalue weighted by atomic mass is 32.2. The number of aliphatic carboxylic acids is 1. The van der Waals surface area contributed by atoms with Crippen molar-refractivity contribution in [3.8, 4) is 0 Å². The fourth-order valence-electron chi connectivity index (χ4n) is 1.46. The summed E-state index contributed by atoms with van der Waals surface area (Å²) >= 11 is 0. The topological polar surface area (TPSA) is 121 Å². The first-order valence-electron chi connectivity index (χ1n) is 5.83. The average molecular weight is 308 g/mol. The Morgan fingerprint density at radius 1 is 1.14 bits per heavy atom. The second kappa shape index (κ2) is 6.18. The summed E-state index contributed by atoms with van der Waals surface area (Å²) < 4.78 is 26.4. The molecule has 0 saturated carbocycles. The molecule has 3 N–H and O–H groups in total. The summed E-state index contributed by atoms with van der Waals surface area (Å²) in [5.74, 6) is -1.03. The first-order chi connectivity index (χ1) is 9.97. The minimum atomic E-state index is -3.78. The van der Waals surface area contributed by atoms with E-state index in [1.54, 1.807) is 6.07 Å². The average Bonchev–Trinajstić information content (AvgIpc) is 2.46. The second-order valence-electron chi connectivity index (χ2n) is 3.95. The van der Waals surface area contributed by atoms with Crippen LogP contribution in [0.5, 0.6) is 0 Å². The van der Waals surface area contributed by atoms with Crippen molar-refractivity contribution in [1.29, 1.82) is 0 Å². The molecule has 0 spiro atoms. The van der Waals surface area contributed by atoms with E-state index >= 15 is 0 Å². The minimum absolute atomic E-state index is 0.0226. The van der Waals surface area contributed by atoms with Gasteiger partial charge in [-0.2, -0.15) is 0 Å². The van der Waals surface area contributed by atoms with Crippen molar-refractivity contribution in [2.45, 2.75) is 4.90 Å². The third kappa shape index (κ3) is 4.14. The molecule has 0 aliphatic rings. The molecule has 1 aromatic heterocycles. The van der Waals surface area contributed by atoms with E-state index < -0.39 is 16.0 Å². The summed E-state index contributed by atoms with van der Waals surface area (Å²) in [6.45, 7) is -0.248. The first-order valence-corrected chi connectivity index (χ1v) is 7.31. The van der Waals surface area contributed by atoms with E-state index in [9.17, 15) is 13.2 Å². The van der Waals surface area contributed by atoms with Gasteiger partial charge in [0.05, 0.1) is 4.90 Å². The van der Waals surface area contributed by atoms with Crippen molar-refractivity contribution >= 4 is 27.6 Å². The summed E-state index contributed by atoms with van der Waals surface area (Å²) in [6.07, 6.45) is 2.84. The summed E-state index contributed by atoms with van der Waals surface area (Å²) in [7, 11) is -3.78. The molecule has 0 aliphatic carbocycles. The normalized spacial score (nSPS) is 10.9. The molecule has 0 amide bonds. The number of nitrogens with one attached hydrogen (secondary N) is 2. The van der Waals surface area contributed by atoms with Crippen LogP contribution in [0.4, 0.5) is 11.6 Å². The Balaban J connectivity index is 2.12. The quantitative estimate of drug-likeness (QED) is 0.720. The molecule has 0 bridgehead atoms. The third-order valence-corrected chi connectivity index (χ3v) is 3.74. The molecule has 0 aliphatic heterocycles. The number of carboxylic acid groups (broad SMARTS) is 1. The van der Waals surface area contributed by atoms with Gasteiger partial charge in [0.25, 0.3) is 10.0 Å². The summed E-state index contributed by atoms with van der Waals surface area (Å²) in [5.41, 5.74) is 0.507. The van der Waals surface area contributed by atoms with Crippen LogP contribution in [0.2, 0.25) is 0 Å². The molecule has 9 heteroatoms. The largest absolute Gasteiger partial charge is 0.480 e. The molecule has 1 aromatic carbocycles. The van der Waals surface area contributed by atoms with Crippen molar-refractivity contribution in [3.63, 3.8) is 0 Å². The molecule has 110 valence electrons. The highest BCUT2D eigenvalue weighted by Crippen LogP contribution is 2.16. The van der Waals surface area contributed by atoms with Crippen LogP contribution >= 0.6 is 0 Å². The van der Waals surface area contributed by atoms with E-state index in [1.165, 1.54) is 36.7 Å². The highest BCUT2D eigenvalue weighted by molar-refractivity contribution is 7.92. The first kappa shape index (κ1) is 14.7. The predicted molar refractivity (Wildman–Crippen MR) is 75.4 cm³/mol. The Kier molecular flexibility index (Phi) is 4.33. The Morgan fingerprint density at radius 2 is 1.76 bits per heavy atom. The maximum absolute atomic E-state index is 12.1. The van der Waals surface area contributed by atoms with Gasteiger partial charge in [0.15, 0.2) is 0 Å². The van der Waals surface area contributed by atoms with Gasteiger partial charge in [0, 0.05) is 18.1 Å². The van der Waals surface area contributed by atoms with Gasteiger partial charge in [-0.3, -0.25) is 4.79 Å². The van der Waals surface area contributed by atoms with Gasteiger partial charge in [-0.15, -0.1) is 0 Å². The monoisotopic (exact) mass is 308 g/mol. The summed E-state index contributed by atoms with van der Waals surface area (Å²) in [4.78, 5) is 18.0. The Labute approximate surface area is 120 Å². The number of aromatic nitrogens is 2. The smallest absolute Gasteiger partial charge is 0.322 e. The van der Waals surface area contributed by atoms with E-state index in [0.717, 1.165) is 0 Å². The number of carboxylic acids is 1. The number of carbonyl (C=O) groups is 1. The van der Waals surface area contributed by atoms with Gasteiger partial charge in [-0.05, 0) is 30.3 Å². The Hall–Kier alpha value is -2.68. The minimum Gasteiger partial charge on any atom is -0.480 e. The van der Waals surface area contributed by atoms with Crippen LogP contribution in [0.15, 0.2) is 47.6 Å². The van der Waals surface area contributed by atoms with Crippen molar-refractivity contribution in [1.82, 2.24) is 9.97 Å². The number of sulfonamides is 1. The number of rotatable bonds is 6. The fourth-order valence-corrected chi connectivity index (χ4v) is 2.42. The number of hydrogen-bond donors (Lipinski definition) is 3. The zero-order chi connectivity index (χ0) is 15.3. The molecule has 0 radical (unpaired) electrons.